The molecule has 0 atom stereocenters. The molecule has 17 heavy (non-hydrogen) atoms. The fourth-order valence-corrected chi connectivity index (χ4v) is 1.60. The third-order valence-corrected chi connectivity index (χ3v) is 2.62. The quantitative estimate of drug-likeness (QED) is 0.614. The smallest absolute Gasteiger partial charge is 0.166 e. The van der Waals surface area contributed by atoms with Crippen molar-refractivity contribution in [2.75, 3.05) is 19.7 Å². The molecule has 1 N–H and O–H groups in total. The lowest BCUT2D eigenvalue weighted by Gasteiger charge is -2.10. The Hall–Kier alpha value is -0.870. The second-order valence-electron chi connectivity index (χ2n) is 3.79. The third-order valence-electron chi connectivity index (χ3n) is 2.13. The maximum Gasteiger partial charge on any atom is 0.166 e. The van der Waals surface area contributed by atoms with Gasteiger partial charge in [-0.3, -0.25) is 0 Å². The summed E-state index contributed by atoms with van der Waals surface area (Å²) in [6.07, 6.45) is 1.08. The second kappa shape index (κ2) is 7.45. The summed E-state index contributed by atoms with van der Waals surface area (Å²) in [7, 11) is 0. The average molecular weight is 302 g/mol. The van der Waals surface area contributed by atoms with Gasteiger partial charge < -0.3 is 10.1 Å². The topological polar surface area (TPSA) is 21.3 Å². The lowest BCUT2D eigenvalue weighted by atomic mass is 10.3. The van der Waals surface area contributed by atoms with E-state index in [1.54, 1.807) is 12.1 Å². The summed E-state index contributed by atoms with van der Waals surface area (Å²) in [5, 5.41) is 3.21. The zero-order valence-electron chi connectivity index (χ0n) is 9.93. The summed E-state index contributed by atoms with van der Waals surface area (Å²) in [5.74, 6) is -0.112. The summed E-state index contributed by atoms with van der Waals surface area (Å²) < 4.78 is 19.5. The number of halogens is 2. The van der Waals surface area contributed by atoms with E-state index in [-0.39, 0.29) is 11.6 Å². The molecule has 2 nitrogen and oxygen atoms in total. The van der Waals surface area contributed by atoms with Gasteiger partial charge in [0.2, 0.25) is 0 Å². The molecule has 0 unspecified atom stereocenters. The number of ether oxygens (including phenoxy) is 1. The van der Waals surface area contributed by atoms with Crippen molar-refractivity contribution in [3.63, 3.8) is 0 Å². The standard InChI is InChI=1S/C13H17BrFNO/c1-3-6-16-8-10(2)9-17-13-5-4-11(14)7-12(13)15/h4-5,7,16H,2-3,6,8-9H2,1H3. The zero-order valence-corrected chi connectivity index (χ0v) is 11.5. The maximum absolute atomic E-state index is 13.4. The van der Waals surface area contributed by atoms with Gasteiger partial charge in [0.05, 0.1) is 0 Å². The first kappa shape index (κ1) is 14.2. The molecule has 0 saturated heterocycles. The van der Waals surface area contributed by atoms with E-state index in [0.29, 0.717) is 17.6 Å². The first-order chi connectivity index (χ1) is 8.13. The van der Waals surface area contributed by atoms with E-state index in [2.05, 4.69) is 34.7 Å². The highest BCUT2D eigenvalue weighted by molar-refractivity contribution is 9.10. The van der Waals surface area contributed by atoms with E-state index < -0.39 is 0 Å². The Morgan fingerprint density at radius 1 is 1.53 bits per heavy atom. The molecule has 0 heterocycles. The van der Waals surface area contributed by atoms with E-state index in [0.717, 1.165) is 18.5 Å². The molecule has 0 fully saturated rings. The van der Waals surface area contributed by atoms with E-state index >= 15 is 0 Å². The van der Waals surface area contributed by atoms with Gasteiger partial charge in [-0.15, -0.1) is 0 Å². The Morgan fingerprint density at radius 3 is 2.94 bits per heavy atom. The lowest BCUT2D eigenvalue weighted by Crippen LogP contribution is -2.20. The Labute approximate surface area is 110 Å². The molecule has 1 aromatic rings. The molecule has 0 radical (unpaired) electrons. The zero-order chi connectivity index (χ0) is 12.7. The van der Waals surface area contributed by atoms with Gasteiger partial charge in [-0.05, 0) is 36.7 Å². The molecule has 94 valence electrons. The van der Waals surface area contributed by atoms with Crippen LogP contribution in [0.1, 0.15) is 13.3 Å². The van der Waals surface area contributed by atoms with Gasteiger partial charge >= 0.3 is 0 Å². The van der Waals surface area contributed by atoms with Crippen molar-refractivity contribution < 1.29 is 9.13 Å². The highest BCUT2D eigenvalue weighted by atomic mass is 79.9. The van der Waals surface area contributed by atoms with Gasteiger partial charge in [0.15, 0.2) is 11.6 Å². The monoisotopic (exact) mass is 301 g/mol. The summed E-state index contributed by atoms with van der Waals surface area (Å²) in [6.45, 7) is 7.95. The lowest BCUT2D eigenvalue weighted by molar-refractivity contribution is 0.329. The van der Waals surface area contributed by atoms with E-state index in [4.69, 9.17) is 4.74 Å². The first-order valence-corrected chi connectivity index (χ1v) is 6.38. The van der Waals surface area contributed by atoms with Crippen LogP contribution in [0.5, 0.6) is 5.75 Å². The molecule has 1 rings (SSSR count). The summed E-state index contributed by atoms with van der Waals surface area (Å²) >= 11 is 3.20. The van der Waals surface area contributed by atoms with Gasteiger partial charge in [0.25, 0.3) is 0 Å². The maximum atomic E-state index is 13.4. The van der Waals surface area contributed by atoms with Crippen LogP contribution in [-0.2, 0) is 0 Å². The van der Waals surface area contributed by atoms with Gasteiger partial charge in [0.1, 0.15) is 6.61 Å². The van der Waals surface area contributed by atoms with Crippen LogP contribution in [0.4, 0.5) is 4.39 Å². The fraction of sp³-hybridized carbons (Fsp3) is 0.385. The minimum Gasteiger partial charge on any atom is -0.486 e. The Balaban J connectivity index is 2.37. The Morgan fingerprint density at radius 2 is 2.29 bits per heavy atom. The molecule has 0 bridgehead atoms. The molecule has 0 aliphatic rings. The molecule has 1 aromatic carbocycles. The summed E-state index contributed by atoms with van der Waals surface area (Å²) in [6, 6.07) is 4.73. The van der Waals surface area contributed by atoms with E-state index in [1.807, 2.05) is 0 Å². The molecule has 4 heteroatoms. The molecular weight excluding hydrogens is 285 g/mol. The van der Waals surface area contributed by atoms with Gasteiger partial charge in [-0.2, -0.15) is 0 Å². The number of rotatable bonds is 7. The molecule has 0 aromatic heterocycles. The summed E-state index contributed by atoms with van der Waals surface area (Å²) in [5.41, 5.74) is 0.903. The number of benzene rings is 1. The normalized spacial score (nSPS) is 10.3. The average Bonchev–Trinajstić information content (AvgIpc) is 2.28. The highest BCUT2D eigenvalue weighted by Gasteiger charge is 2.04. The van der Waals surface area contributed by atoms with Crippen molar-refractivity contribution in [2.24, 2.45) is 0 Å². The van der Waals surface area contributed by atoms with Gasteiger partial charge in [-0.25, -0.2) is 4.39 Å². The largest absolute Gasteiger partial charge is 0.486 e. The van der Waals surface area contributed by atoms with Crippen molar-refractivity contribution in [1.29, 1.82) is 0 Å². The van der Waals surface area contributed by atoms with Crippen LogP contribution in [0.25, 0.3) is 0 Å². The van der Waals surface area contributed by atoms with Crippen LogP contribution < -0.4 is 10.1 Å². The molecule has 0 saturated carbocycles. The minimum atomic E-state index is -0.367. The van der Waals surface area contributed by atoms with Crippen LogP contribution in [0.2, 0.25) is 0 Å². The van der Waals surface area contributed by atoms with E-state index in [9.17, 15) is 4.39 Å². The summed E-state index contributed by atoms with van der Waals surface area (Å²) in [4.78, 5) is 0. The minimum absolute atomic E-state index is 0.254. The van der Waals surface area contributed by atoms with E-state index in [1.165, 1.54) is 6.07 Å². The molecule has 0 aliphatic heterocycles. The van der Waals surface area contributed by atoms with Crippen LogP contribution in [0, 0.1) is 5.82 Å². The van der Waals surface area contributed by atoms with Crippen molar-refractivity contribution in [3.05, 3.63) is 40.6 Å². The third kappa shape index (κ3) is 5.33. The van der Waals surface area contributed by atoms with Crippen LogP contribution in [-0.4, -0.2) is 19.7 Å². The first-order valence-electron chi connectivity index (χ1n) is 5.58. The van der Waals surface area contributed by atoms with Crippen LogP contribution in [0.15, 0.2) is 34.8 Å². The second-order valence-corrected chi connectivity index (χ2v) is 4.71. The van der Waals surface area contributed by atoms with Gasteiger partial charge in [0, 0.05) is 11.0 Å². The van der Waals surface area contributed by atoms with Crippen molar-refractivity contribution >= 4 is 15.9 Å². The molecule has 0 amide bonds. The number of hydrogen-bond donors (Lipinski definition) is 1. The Bertz CT molecular complexity index is 382. The van der Waals surface area contributed by atoms with Crippen molar-refractivity contribution in [3.8, 4) is 5.75 Å². The highest BCUT2D eigenvalue weighted by Crippen LogP contribution is 2.21. The number of hydrogen-bond acceptors (Lipinski definition) is 2. The molecule has 0 aliphatic carbocycles. The predicted octanol–water partition coefficient (Wildman–Crippen LogP) is 3.52. The predicted molar refractivity (Wildman–Crippen MR) is 71.9 cm³/mol. The Kier molecular flexibility index (Phi) is 6.22. The molecule has 0 spiro atoms. The van der Waals surface area contributed by atoms with Gasteiger partial charge in [-0.1, -0.05) is 29.4 Å². The van der Waals surface area contributed by atoms with Crippen molar-refractivity contribution in [2.45, 2.75) is 13.3 Å². The fourth-order valence-electron chi connectivity index (χ4n) is 1.27. The van der Waals surface area contributed by atoms with Crippen molar-refractivity contribution in [1.82, 2.24) is 5.32 Å². The SMILES string of the molecule is C=C(CNCCC)COc1ccc(Br)cc1F. The number of nitrogens with one attached hydrogen (secondary N) is 1. The van der Waals surface area contributed by atoms with Crippen LogP contribution in [0.3, 0.4) is 0 Å². The molecular formula is C13H17BrFNO. The van der Waals surface area contributed by atoms with Crippen LogP contribution >= 0.6 is 15.9 Å².